The van der Waals surface area contributed by atoms with Crippen molar-refractivity contribution in [3.63, 3.8) is 0 Å². The van der Waals surface area contributed by atoms with Gasteiger partial charge in [-0.2, -0.15) is 0 Å². The highest BCUT2D eigenvalue weighted by Crippen LogP contribution is 2.27. The van der Waals surface area contributed by atoms with E-state index in [1.54, 1.807) is 18.2 Å². The number of rotatable bonds is 4. The number of fused-ring (bicyclic) bond motifs is 1. The van der Waals surface area contributed by atoms with E-state index in [9.17, 15) is 24.6 Å². The Morgan fingerprint density at radius 3 is 2.42 bits per heavy atom. The van der Waals surface area contributed by atoms with Crippen LogP contribution in [0.5, 0.6) is 0 Å². The molecule has 3 rings (SSSR count). The molecular weight excluding hydrogens is 317 g/mol. The van der Waals surface area contributed by atoms with Gasteiger partial charge in [-0.1, -0.05) is 6.07 Å². The van der Waals surface area contributed by atoms with Crippen LogP contribution < -0.4 is 0 Å². The van der Waals surface area contributed by atoms with Crippen molar-refractivity contribution in [1.82, 2.24) is 4.98 Å². The van der Waals surface area contributed by atoms with E-state index in [0.717, 1.165) is 11.5 Å². The van der Waals surface area contributed by atoms with Crippen LogP contribution in [-0.4, -0.2) is 14.8 Å². The Morgan fingerprint density at radius 1 is 0.958 bits per heavy atom. The maximum atomic E-state index is 13.3. The van der Waals surface area contributed by atoms with Gasteiger partial charge in [0.05, 0.1) is 21.4 Å². The summed E-state index contributed by atoms with van der Waals surface area (Å²) in [6, 6.07) is 11.1. The van der Waals surface area contributed by atoms with Crippen LogP contribution in [0.3, 0.4) is 0 Å². The van der Waals surface area contributed by atoms with Crippen LogP contribution in [0, 0.1) is 26.0 Å². The Hall–Kier alpha value is -3.42. The molecule has 0 unspecified atom stereocenters. The van der Waals surface area contributed by atoms with Crippen LogP contribution >= 0.6 is 0 Å². The number of non-ortho nitro benzene ring substituents is 1. The second kappa shape index (κ2) is 5.99. The zero-order chi connectivity index (χ0) is 17.3. The van der Waals surface area contributed by atoms with Gasteiger partial charge < -0.3 is 0 Å². The van der Waals surface area contributed by atoms with Gasteiger partial charge in [-0.05, 0) is 24.3 Å². The molecule has 0 bridgehead atoms. The number of nitro groups is 2. The van der Waals surface area contributed by atoms with Crippen molar-refractivity contribution < 1.29 is 14.2 Å². The highest BCUT2D eigenvalue weighted by molar-refractivity contribution is 5.78. The summed E-state index contributed by atoms with van der Waals surface area (Å²) in [7, 11) is 0. The molecule has 0 aliphatic carbocycles. The van der Waals surface area contributed by atoms with Gasteiger partial charge in [0.2, 0.25) is 0 Å². The third-order valence-electron chi connectivity index (χ3n) is 3.56. The van der Waals surface area contributed by atoms with Gasteiger partial charge in [-0.3, -0.25) is 25.2 Å². The van der Waals surface area contributed by atoms with Crippen molar-refractivity contribution in [3.8, 4) is 0 Å². The number of pyridine rings is 1. The first-order valence-electron chi connectivity index (χ1n) is 6.91. The molecule has 3 aromatic rings. The van der Waals surface area contributed by atoms with Crippen molar-refractivity contribution in [1.29, 1.82) is 0 Å². The van der Waals surface area contributed by atoms with Gasteiger partial charge >= 0.3 is 0 Å². The first kappa shape index (κ1) is 15.5. The number of aromatic nitrogens is 1. The van der Waals surface area contributed by atoms with Crippen molar-refractivity contribution in [2.24, 2.45) is 0 Å². The molecule has 0 saturated carbocycles. The van der Waals surface area contributed by atoms with E-state index in [4.69, 9.17) is 0 Å². The van der Waals surface area contributed by atoms with Gasteiger partial charge in [-0.15, -0.1) is 0 Å². The fraction of sp³-hybridized carbons (Fsp3) is 0.0625. The Bertz CT molecular complexity index is 975. The van der Waals surface area contributed by atoms with Crippen LogP contribution in [0.2, 0.25) is 0 Å². The molecule has 0 aliphatic heterocycles. The molecule has 7 nitrogen and oxygen atoms in total. The fourth-order valence-corrected chi connectivity index (χ4v) is 2.41. The zero-order valence-electron chi connectivity index (χ0n) is 12.2. The second-order valence-electron chi connectivity index (χ2n) is 5.14. The molecule has 0 amide bonds. The SMILES string of the molecule is O=[N+]([O-])c1ccc(Cc2ccc3ccc(F)cc3n2)c([N+](=O)[O-])c1. The normalized spacial score (nSPS) is 10.7. The minimum atomic E-state index is -0.687. The molecule has 0 radical (unpaired) electrons. The quantitative estimate of drug-likeness (QED) is 0.536. The van der Waals surface area contributed by atoms with E-state index in [1.165, 1.54) is 24.3 Å². The molecule has 0 saturated heterocycles. The lowest BCUT2D eigenvalue weighted by Gasteiger charge is -2.05. The molecule has 120 valence electrons. The van der Waals surface area contributed by atoms with Crippen molar-refractivity contribution in [2.45, 2.75) is 6.42 Å². The lowest BCUT2D eigenvalue weighted by atomic mass is 10.1. The highest BCUT2D eigenvalue weighted by Gasteiger charge is 2.19. The molecule has 0 N–H and O–H groups in total. The van der Waals surface area contributed by atoms with E-state index < -0.39 is 15.7 Å². The number of hydrogen-bond donors (Lipinski definition) is 0. The number of hydrogen-bond acceptors (Lipinski definition) is 5. The standard InChI is InChI=1S/C16H10FN3O4/c17-12-4-1-10-2-5-13(18-15(10)8-12)7-11-3-6-14(19(21)22)9-16(11)20(23)24/h1-6,8-9H,7H2. The summed E-state index contributed by atoms with van der Waals surface area (Å²) in [6.45, 7) is 0. The van der Waals surface area contributed by atoms with Gasteiger partial charge in [0.1, 0.15) is 5.82 Å². The van der Waals surface area contributed by atoms with Crippen LogP contribution in [0.4, 0.5) is 15.8 Å². The summed E-state index contributed by atoms with van der Waals surface area (Å²) >= 11 is 0. The molecule has 0 fully saturated rings. The second-order valence-corrected chi connectivity index (χ2v) is 5.14. The summed E-state index contributed by atoms with van der Waals surface area (Å²) in [4.78, 5) is 24.9. The fourth-order valence-electron chi connectivity index (χ4n) is 2.41. The Balaban J connectivity index is 2.01. The number of nitro benzene ring substituents is 2. The third kappa shape index (κ3) is 3.02. The maximum absolute atomic E-state index is 13.3. The lowest BCUT2D eigenvalue weighted by molar-refractivity contribution is -0.394. The van der Waals surface area contributed by atoms with Gasteiger partial charge in [0.15, 0.2) is 0 Å². The molecule has 8 heteroatoms. The lowest BCUT2D eigenvalue weighted by Crippen LogP contribution is -2.00. The molecule has 24 heavy (non-hydrogen) atoms. The highest BCUT2D eigenvalue weighted by atomic mass is 19.1. The minimum absolute atomic E-state index is 0.112. The first-order chi connectivity index (χ1) is 11.4. The molecule has 1 heterocycles. The van der Waals surface area contributed by atoms with Crippen LogP contribution in [0.1, 0.15) is 11.3 Å². The van der Waals surface area contributed by atoms with E-state index in [2.05, 4.69) is 4.98 Å². The Morgan fingerprint density at radius 2 is 1.71 bits per heavy atom. The average molecular weight is 327 g/mol. The molecule has 0 spiro atoms. The smallest absolute Gasteiger partial charge is 0.258 e. The van der Waals surface area contributed by atoms with Crippen LogP contribution in [0.15, 0.2) is 48.5 Å². The van der Waals surface area contributed by atoms with Gasteiger partial charge in [-0.25, -0.2) is 4.39 Å². The van der Waals surface area contributed by atoms with E-state index in [0.29, 0.717) is 16.8 Å². The summed E-state index contributed by atoms with van der Waals surface area (Å²) in [5, 5.41) is 22.7. The first-order valence-corrected chi connectivity index (χ1v) is 6.91. The number of halogens is 1. The van der Waals surface area contributed by atoms with Gasteiger partial charge in [0.25, 0.3) is 11.4 Å². The van der Waals surface area contributed by atoms with Crippen molar-refractivity contribution in [2.75, 3.05) is 0 Å². The van der Waals surface area contributed by atoms with Crippen molar-refractivity contribution >= 4 is 22.3 Å². The third-order valence-corrected chi connectivity index (χ3v) is 3.56. The summed E-state index contributed by atoms with van der Waals surface area (Å²) in [6.07, 6.45) is 0.112. The molecule has 2 aromatic carbocycles. The number of nitrogens with zero attached hydrogens (tertiary/aromatic N) is 3. The average Bonchev–Trinajstić information content (AvgIpc) is 2.54. The van der Waals surface area contributed by atoms with E-state index >= 15 is 0 Å². The zero-order valence-corrected chi connectivity index (χ0v) is 12.2. The van der Waals surface area contributed by atoms with Crippen LogP contribution in [-0.2, 0) is 6.42 Å². The predicted octanol–water partition coefficient (Wildman–Crippen LogP) is 3.78. The summed E-state index contributed by atoms with van der Waals surface area (Å²) in [5.41, 5.74) is 0.556. The summed E-state index contributed by atoms with van der Waals surface area (Å²) < 4.78 is 13.3. The molecule has 0 aliphatic rings. The number of benzene rings is 2. The maximum Gasteiger partial charge on any atom is 0.279 e. The van der Waals surface area contributed by atoms with Gasteiger partial charge in [0, 0.05) is 35.2 Å². The predicted molar refractivity (Wildman–Crippen MR) is 84.3 cm³/mol. The monoisotopic (exact) mass is 327 g/mol. The Kier molecular flexibility index (Phi) is 3.87. The molecule has 0 atom stereocenters. The Labute approximate surface area is 134 Å². The topological polar surface area (TPSA) is 99.2 Å². The molecule has 1 aromatic heterocycles. The molecular formula is C16H10FN3O4. The minimum Gasteiger partial charge on any atom is -0.258 e. The van der Waals surface area contributed by atoms with E-state index in [-0.39, 0.29) is 17.8 Å². The largest absolute Gasteiger partial charge is 0.279 e. The van der Waals surface area contributed by atoms with Crippen molar-refractivity contribution in [3.05, 3.63) is 85.8 Å². The van der Waals surface area contributed by atoms with E-state index in [1.807, 2.05) is 0 Å². The summed E-state index contributed by atoms with van der Waals surface area (Å²) in [5.74, 6) is -0.423. The van der Waals surface area contributed by atoms with Crippen LogP contribution in [0.25, 0.3) is 10.9 Å².